The van der Waals surface area contributed by atoms with Gasteiger partial charge in [0.05, 0.1) is 11.0 Å². The Bertz CT molecular complexity index is 1590. The number of aromatic nitrogens is 2. The summed E-state index contributed by atoms with van der Waals surface area (Å²) in [5.41, 5.74) is 2.71. The van der Waals surface area contributed by atoms with Crippen molar-refractivity contribution in [1.82, 2.24) is 14.9 Å². The number of benzene rings is 3. The Morgan fingerprint density at radius 2 is 1.81 bits per heavy atom. The zero-order valence-corrected chi connectivity index (χ0v) is 21.0. The Morgan fingerprint density at radius 1 is 0.973 bits per heavy atom. The predicted octanol–water partition coefficient (Wildman–Crippen LogP) is 4.53. The lowest BCUT2D eigenvalue weighted by molar-refractivity contribution is 0.114. The third kappa shape index (κ3) is 4.71. The minimum absolute atomic E-state index is 0.0853. The summed E-state index contributed by atoms with van der Waals surface area (Å²) in [6.45, 7) is 2.92. The van der Waals surface area contributed by atoms with E-state index in [0.717, 1.165) is 29.3 Å². The molecule has 10 heteroatoms. The normalized spacial score (nSPS) is 16.8. The number of aryl methyl sites for hydroxylation is 1. The molecule has 1 atom stereocenters. The first-order chi connectivity index (χ1) is 18.0. The molecule has 3 aromatic carbocycles. The van der Waals surface area contributed by atoms with Gasteiger partial charge in [-0.15, -0.1) is 10.2 Å². The monoisotopic (exact) mass is 518 g/mol. The quantitative estimate of drug-likeness (QED) is 0.367. The summed E-state index contributed by atoms with van der Waals surface area (Å²) >= 11 is 0. The molecule has 0 aliphatic carbocycles. The van der Waals surface area contributed by atoms with E-state index in [0.29, 0.717) is 40.7 Å². The third-order valence-electron chi connectivity index (χ3n) is 6.60. The summed E-state index contributed by atoms with van der Waals surface area (Å²) in [7, 11) is -3.73. The van der Waals surface area contributed by atoms with Crippen LogP contribution in [0.3, 0.4) is 0 Å². The highest BCUT2D eigenvalue weighted by atomic mass is 32.2. The van der Waals surface area contributed by atoms with Gasteiger partial charge in [-0.2, -0.15) is 0 Å². The van der Waals surface area contributed by atoms with Gasteiger partial charge in [0.2, 0.25) is 16.8 Å². The number of nitrogens with one attached hydrogen (secondary N) is 2. The van der Waals surface area contributed by atoms with Crippen molar-refractivity contribution in [2.24, 2.45) is 0 Å². The molecule has 6 rings (SSSR count). The van der Waals surface area contributed by atoms with E-state index in [1.807, 2.05) is 48.5 Å². The Morgan fingerprint density at radius 3 is 2.65 bits per heavy atom. The van der Waals surface area contributed by atoms with Gasteiger partial charge in [-0.25, -0.2) is 13.1 Å². The van der Waals surface area contributed by atoms with E-state index in [4.69, 9.17) is 14.2 Å². The van der Waals surface area contributed by atoms with Crippen molar-refractivity contribution < 1.29 is 22.6 Å². The number of hydrogen-bond donors (Lipinski definition) is 2. The molecule has 2 N–H and O–H groups in total. The van der Waals surface area contributed by atoms with E-state index < -0.39 is 10.0 Å². The van der Waals surface area contributed by atoms with Crippen LogP contribution < -0.4 is 19.5 Å². The minimum Gasteiger partial charge on any atom is -0.454 e. The molecule has 4 aromatic rings. The van der Waals surface area contributed by atoms with E-state index in [1.54, 1.807) is 19.1 Å². The fourth-order valence-electron chi connectivity index (χ4n) is 4.64. The first-order valence-electron chi connectivity index (χ1n) is 12.1. The first kappa shape index (κ1) is 23.7. The number of anilines is 2. The van der Waals surface area contributed by atoms with Crippen molar-refractivity contribution in [1.29, 1.82) is 0 Å². The standard InChI is InChI=1S/C27H26N4O5S/c1-17-8-9-18(13-25(17)37(32,33)28-15-20-5-4-12-34-20)26-21-6-2-3-7-22(21)27(31-30-26)29-19-10-11-23-24(14-19)36-16-35-23/h2-3,6-11,13-14,20,28H,4-5,12,15-16H2,1H3,(H,29,31)/t20-/m1/s1. The molecular weight excluding hydrogens is 492 g/mol. The van der Waals surface area contributed by atoms with Crippen LogP contribution in [-0.4, -0.2) is 44.7 Å². The first-order valence-corrected chi connectivity index (χ1v) is 13.6. The number of sulfonamides is 1. The maximum Gasteiger partial charge on any atom is 0.240 e. The van der Waals surface area contributed by atoms with E-state index in [9.17, 15) is 8.42 Å². The summed E-state index contributed by atoms with van der Waals surface area (Å²) < 4.78 is 45.5. The number of ether oxygens (including phenoxy) is 3. The summed E-state index contributed by atoms with van der Waals surface area (Å²) in [6.07, 6.45) is 1.72. The Balaban J connectivity index is 1.34. The van der Waals surface area contributed by atoms with Crippen LogP contribution in [0.5, 0.6) is 11.5 Å². The molecule has 37 heavy (non-hydrogen) atoms. The Hall–Kier alpha value is -3.73. The van der Waals surface area contributed by atoms with Crippen molar-refractivity contribution in [2.75, 3.05) is 25.3 Å². The molecule has 190 valence electrons. The predicted molar refractivity (Wildman–Crippen MR) is 140 cm³/mol. The topological polar surface area (TPSA) is 112 Å². The van der Waals surface area contributed by atoms with Crippen LogP contribution in [0.15, 0.2) is 65.6 Å². The second kappa shape index (κ2) is 9.62. The fraction of sp³-hybridized carbons (Fsp3) is 0.259. The molecule has 3 heterocycles. The van der Waals surface area contributed by atoms with Crippen LogP contribution in [0.25, 0.3) is 22.0 Å². The number of rotatable bonds is 7. The van der Waals surface area contributed by atoms with Crippen LogP contribution in [0.2, 0.25) is 0 Å². The number of fused-ring (bicyclic) bond motifs is 2. The highest BCUT2D eigenvalue weighted by Gasteiger charge is 2.23. The van der Waals surface area contributed by atoms with E-state index in [-0.39, 0.29) is 24.3 Å². The van der Waals surface area contributed by atoms with Gasteiger partial charge < -0.3 is 19.5 Å². The second-order valence-corrected chi connectivity index (χ2v) is 10.8. The molecule has 0 bridgehead atoms. The van der Waals surface area contributed by atoms with E-state index in [1.165, 1.54) is 0 Å². The van der Waals surface area contributed by atoms with Crippen LogP contribution in [0.4, 0.5) is 11.5 Å². The maximum atomic E-state index is 13.2. The maximum absolute atomic E-state index is 13.2. The van der Waals surface area contributed by atoms with Crippen LogP contribution in [0.1, 0.15) is 18.4 Å². The van der Waals surface area contributed by atoms with Gasteiger partial charge in [-0.1, -0.05) is 36.4 Å². The lowest BCUT2D eigenvalue weighted by Crippen LogP contribution is -2.32. The van der Waals surface area contributed by atoms with Crippen LogP contribution >= 0.6 is 0 Å². The summed E-state index contributed by atoms with van der Waals surface area (Å²) in [5.74, 6) is 1.95. The van der Waals surface area contributed by atoms with Crippen LogP contribution in [0, 0.1) is 6.92 Å². The molecule has 0 amide bonds. The van der Waals surface area contributed by atoms with E-state index in [2.05, 4.69) is 20.2 Å². The van der Waals surface area contributed by atoms with Gasteiger partial charge in [0.1, 0.15) is 5.69 Å². The highest BCUT2D eigenvalue weighted by Crippen LogP contribution is 2.37. The van der Waals surface area contributed by atoms with Gasteiger partial charge in [-0.05, 0) is 43.5 Å². The second-order valence-electron chi connectivity index (χ2n) is 9.10. The van der Waals surface area contributed by atoms with Gasteiger partial charge in [0, 0.05) is 41.2 Å². The van der Waals surface area contributed by atoms with Gasteiger partial charge in [-0.3, -0.25) is 0 Å². The minimum atomic E-state index is -3.73. The molecule has 1 aromatic heterocycles. The van der Waals surface area contributed by atoms with Crippen molar-refractivity contribution >= 4 is 32.3 Å². The summed E-state index contributed by atoms with van der Waals surface area (Å²) in [4.78, 5) is 0.219. The van der Waals surface area contributed by atoms with Gasteiger partial charge in [0.15, 0.2) is 17.3 Å². The average Bonchev–Trinajstić information content (AvgIpc) is 3.60. The average molecular weight is 519 g/mol. The molecule has 0 spiro atoms. The molecule has 0 saturated carbocycles. The Labute approximate surface area is 214 Å². The van der Waals surface area contributed by atoms with Gasteiger partial charge in [0.25, 0.3) is 0 Å². The zero-order valence-electron chi connectivity index (χ0n) is 20.2. The summed E-state index contributed by atoms with van der Waals surface area (Å²) in [6, 6.07) is 18.7. The molecule has 2 aliphatic heterocycles. The number of hydrogen-bond acceptors (Lipinski definition) is 8. The number of nitrogens with zero attached hydrogens (tertiary/aromatic N) is 2. The Kier molecular flexibility index (Phi) is 6.15. The van der Waals surface area contributed by atoms with Crippen molar-refractivity contribution in [2.45, 2.75) is 30.8 Å². The SMILES string of the molecule is Cc1ccc(-c2nnc(Nc3ccc4c(c3)OCO4)c3ccccc23)cc1S(=O)(=O)NC[C@H]1CCCO1. The van der Waals surface area contributed by atoms with Crippen molar-refractivity contribution in [3.8, 4) is 22.8 Å². The lowest BCUT2D eigenvalue weighted by Gasteiger charge is -2.15. The van der Waals surface area contributed by atoms with E-state index >= 15 is 0 Å². The molecule has 2 aliphatic rings. The highest BCUT2D eigenvalue weighted by molar-refractivity contribution is 7.89. The molecular formula is C27H26N4O5S. The lowest BCUT2D eigenvalue weighted by atomic mass is 10.0. The smallest absolute Gasteiger partial charge is 0.240 e. The zero-order chi connectivity index (χ0) is 25.4. The third-order valence-corrected chi connectivity index (χ3v) is 8.16. The molecule has 0 radical (unpaired) electrons. The van der Waals surface area contributed by atoms with Crippen molar-refractivity contribution in [3.05, 3.63) is 66.2 Å². The van der Waals surface area contributed by atoms with Crippen molar-refractivity contribution in [3.63, 3.8) is 0 Å². The molecule has 1 fully saturated rings. The summed E-state index contributed by atoms with van der Waals surface area (Å²) in [5, 5.41) is 14.0. The molecule has 1 saturated heterocycles. The molecule has 9 nitrogen and oxygen atoms in total. The largest absolute Gasteiger partial charge is 0.454 e. The van der Waals surface area contributed by atoms with Crippen LogP contribution in [-0.2, 0) is 14.8 Å². The fourth-order valence-corrected chi connectivity index (χ4v) is 5.98. The van der Waals surface area contributed by atoms with Gasteiger partial charge >= 0.3 is 0 Å². The molecule has 0 unspecified atom stereocenters.